The number of carbonyl (C=O) groups is 1. The number of aryl methyl sites for hydroxylation is 2. The second kappa shape index (κ2) is 8.37. The van der Waals surface area contributed by atoms with Gasteiger partial charge in [-0.25, -0.2) is 8.42 Å². The monoisotopic (exact) mass is 384 g/mol. The average molecular weight is 384 g/mol. The predicted molar refractivity (Wildman–Crippen MR) is 98.8 cm³/mol. The Hall–Kier alpha value is -1.64. The molecule has 1 atom stereocenters. The summed E-state index contributed by atoms with van der Waals surface area (Å²) in [5, 5.41) is 0. The molecule has 26 heavy (non-hydrogen) atoms. The van der Waals surface area contributed by atoms with Crippen LogP contribution in [0.3, 0.4) is 0 Å². The molecule has 2 rings (SSSR count). The van der Waals surface area contributed by atoms with E-state index in [2.05, 4.69) is 4.72 Å². The van der Waals surface area contributed by atoms with Gasteiger partial charge in [-0.1, -0.05) is 13.8 Å². The lowest BCUT2D eigenvalue weighted by Gasteiger charge is -2.32. The first kappa shape index (κ1) is 20.7. The minimum atomic E-state index is -3.92. The van der Waals surface area contributed by atoms with Crippen LogP contribution in [0.4, 0.5) is 0 Å². The fourth-order valence-corrected chi connectivity index (χ4v) is 4.39. The molecule has 0 saturated carbocycles. The zero-order valence-corrected chi connectivity index (χ0v) is 16.9. The maximum absolute atomic E-state index is 13.0. The highest BCUT2D eigenvalue weighted by molar-refractivity contribution is 7.89. The number of methoxy groups -OCH3 is 1. The van der Waals surface area contributed by atoms with Crippen LogP contribution in [0.2, 0.25) is 0 Å². The highest BCUT2D eigenvalue weighted by Crippen LogP contribution is 2.28. The third kappa shape index (κ3) is 4.55. The largest absolute Gasteiger partial charge is 0.495 e. The van der Waals surface area contributed by atoms with Crippen LogP contribution in [0.15, 0.2) is 17.0 Å². The lowest BCUT2D eigenvalue weighted by atomic mass is 10.0. The Bertz CT molecular complexity index is 755. The fourth-order valence-electron chi connectivity index (χ4n) is 2.82. The van der Waals surface area contributed by atoms with Crippen molar-refractivity contribution in [3.8, 4) is 5.75 Å². The summed E-state index contributed by atoms with van der Waals surface area (Å²) in [5.41, 5.74) is 1.78. The number of rotatable bonds is 6. The Balaban J connectivity index is 2.32. The number of benzene rings is 1. The molecule has 8 heteroatoms. The topological polar surface area (TPSA) is 84.9 Å². The van der Waals surface area contributed by atoms with Crippen molar-refractivity contribution in [1.82, 2.24) is 9.62 Å². The van der Waals surface area contributed by atoms with Gasteiger partial charge < -0.3 is 14.4 Å². The van der Waals surface area contributed by atoms with E-state index in [9.17, 15) is 13.2 Å². The van der Waals surface area contributed by atoms with E-state index in [1.54, 1.807) is 17.0 Å². The SMILES string of the molecule is COc1cc(C)c(C)cc1S(=O)(=O)N[C@H](C(=O)N1CCOCC1)C(C)C. The summed E-state index contributed by atoms with van der Waals surface area (Å²) in [5.74, 6) is -0.158. The van der Waals surface area contributed by atoms with Crippen molar-refractivity contribution < 1.29 is 22.7 Å². The van der Waals surface area contributed by atoms with Gasteiger partial charge in [0.2, 0.25) is 15.9 Å². The number of carbonyl (C=O) groups excluding carboxylic acids is 1. The van der Waals surface area contributed by atoms with Gasteiger partial charge in [-0.15, -0.1) is 0 Å². The summed E-state index contributed by atoms with van der Waals surface area (Å²) >= 11 is 0. The normalized spacial score (nSPS) is 16.6. The first-order chi connectivity index (χ1) is 12.2. The Morgan fingerprint density at radius 3 is 2.31 bits per heavy atom. The number of nitrogens with one attached hydrogen (secondary N) is 1. The van der Waals surface area contributed by atoms with E-state index in [1.165, 1.54) is 7.11 Å². The highest BCUT2D eigenvalue weighted by Gasteiger charge is 2.33. The van der Waals surface area contributed by atoms with Gasteiger partial charge in [0, 0.05) is 13.1 Å². The summed E-state index contributed by atoms with van der Waals surface area (Å²) in [7, 11) is -2.49. The van der Waals surface area contributed by atoms with Gasteiger partial charge in [0.1, 0.15) is 16.7 Å². The molecule has 1 aromatic rings. The molecule has 0 unspecified atom stereocenters. The molecule has 0 radical (unpaired) electrons. The third-order valence-corrected chi connectivity index (χ3v) is 6.07. The molecule has 1 aromatic carbocycles. The van der Waals surface area contributed by atoms with Crippen LogP contribution in [0.1, 0.15) is 25.0 Å². The van der Waals surface area contributed by atoms with E-state index in [0.717, 1.165) is 11.1 Å². The Morgan fingerprint density at radius 1 is 1.19 bits per heavy atom. The van der Waals surface area contributed by atoms with Crippen molar-refractivity contribution >= 4 is 15.9 Å². The summed E-state index contributed by atoms with van der Waals surface area (Å²) in [4.78, 5) is 14.5. The van der Waals surface area contributed by atoms with Crippen LogP contribution in [0, 0.1) is 19.8 Å². The van der Waals surface area contributed by atoms with Crippen LogP contribution in [0.25, 0.3) is 0 Å². The number of sulfonamides is 1. The van der Waals surface area contributed by atoms with E-state index in [4.69, 9.17) is 9.47 Å². The van der Waals surface area contributed by atoms with E-state index < -0.39 is 16.1 Å². The number of hydrogen-bond acceptors (Lipinski definition) is 5. The van der Waals surface area contributed by atoms with Crippen LogP contribution < -0.4 is 9.46 Å². The van der Waals surface area contributed by atoms with Gasteiger partial charge in [-0.2, -0.15) is 4.72 Å². The first-order valence-electron chi connectivity index (χ1n) is 8.71. The van der Waals surface area contributed by atoms with Crippen molar-refractivity contribution in [2.24, 2.45) is 5.92 Å². The molecule has 0 aliphatic carbocycles. The second-order valence-electron chi connectivity index (χ2n) is 6.87. The van der Waals surface area contributed by atoms with E-state index in [-0.39, 0.29) is 22.5 Å². The standard InChI is InChI=1S/C18H28N2O5S/c1-12(2)17(18(21)20-6-8-25-9-7-20)19-26(22,23)16-11-14(4)13(3)10-15(16)24-5/h10-12,17,19H,6-9H2,1-5H3/t17-/m0/s1. The molecule has 1 aliphatic rings. The molecule has 0 bridgehead atoms. The number of ether oxygens (including phenoxy) is 2. The van der Waals surface area contributed by atoms with Crippen LogP contribution >= 0.6 is 0 Å². The van der Waals surface area contributed by atoms with Gasteiger partial charge >= 0.3 is 0 Å². The lowest BCUT2D eigenvalue weighted by molar-refractivity contribution is -0.138. The average Bonchev–Trinajstić information content (AvgIpc) is 2.61. The molecule has 0 aromatic heterocycles. The van der Waals surface area contributed by atoms with Crippen molar-refractivity contribution in [3.63, 3.8) is 0 Å². The Kier molecular flexibility index (Phi) is 6.65. The molecule has 1 fully saturated rings. The van der Waals surface area contributed by atoms with Gasteiger partial charge in [0.25, 0.3) is 0 Å². The lowest BCUT2D eigenvalue weighted by Crippen LogP contribution is -2.53. The minimum absolute atomic E-state index is 0.0449. The molecule has 0 spiro atoms. The third-order valence-electron chi connectivity index (χ3n) is 4.61. The van der Waals surface area contributed by atoms with Crippen LogP contribution in [-0.2, 0) is 19.6 Å². The quantitative estimate of drug-likeness (QED) is 0.803. The molecule has 1 heterocycles. The smallest absolute Gasteiger partial charge is 0.244 e. The number of morpholine rings is 1. The molecule has 7 nitrogen and oxygen atoms in total. The molecular weight excluding hydrogens is 356 g/mol. The maximum atomic E-state index is 13.0. The molecule has 1 amide bonds. The molecule has 1 aliphatic heterocycles. The van der Waals surface area contributed by atoms with Crippen molar-refractivity contribution in [2.45, 2.75) is 38.6 Å². The second-order valence-corrected chi connectivity index (χ2v) is 8.55. The van der Waals surface area contributed by atoms with E-state index >= 15 is 0 Å². The summed E-state index contributed by atoms with van der Waals surface area (Å²) in [6, 6.07) is 2.43. The van der Waals surface area contributed by atoms with E-state index in [0.29, 0.717) is 26.3 Å². The van der Waals surface area contributed by atoms with E-state index in [1.807, 2.05) is 27.7 Å². The first-order valence-corrected chi connectivity index (χ1v) is 10.2. The zero-order valence-electron chi connectivity index (χ0n) is 16.0. The zero-order chi connectivity index (χ0) is 19.5. The van der Waals surface area contributed by atoms with Gasteiger partial charge in [0.15, 0.2) is 0 Å². The molecule has 146 valence electrons. The summed E-state index contributed by atoms with van der Waals surface area (Å²) in [6.07, 6.45) is 0. The summed E-state index contributed by atoms with van der Waals surface area (Å²) in [6.45, 7) is 9.25. The Labute approximate surface area is 155 Å². The molecule has 1 saturated heterocycles. The van der Waals surface area contributed by atoms with Crippen molar-refractivity contribution in [3.05, 3.63) is 23.3 Å². The van der Waals surface area contributed by atoms with Crippen molar-refractivity contribution in [1.29, 1.82) is 0 Å². The highest BCUT2D eigenvalue weighted by atomic mass is 32.2. The van der Waals surface area contributed by atoms with Crippen LogP contribution in [-0.4, -0.2) is 58.7 Å². The van der Waals surface area contributed by atoms with Gasteiger partial charge in [-0.05, 0) is 43.0 Å². The van der Waals surface area contributed by atoms with Gasteiger partial charge in [-0.3, -0.25) is 4.79 Å². The van der Waals surface area contributed by atoms with Gasteiger partial charge in [0.05, 0.1) is 20.3 Å². The molecular formula is C18H28N2O5S. The number of amides is 1. The van der Waals surface area contributed by atoms with Crippen LogP contribution in [0.5, 0.6) is 5.75 Å². The maximum Gasteiger partial charge on any atom is 0.244 e. The number of hydrogen-bond donors (Lipinski definition) is 1. The number of nitrogens with zero attached hydrogens (tertiary/aromatic N) is 1. The Morgan fingerprint density at radius 2 is 1.77 bits per heavy atom. The minimum Gasteiger partial charge on any atom is -0.495 e. The molecule has 1 N–H and O–H groups in total. The van der Waals surface area contributed by atoms with Crippen molar-refractivity contribution in [2.75, 3.05) is 33.4 Å². The fraction of sp³-hybridized carbons (Fsp3) is 0.611. The summed E-state index contributed by atoms with van der Waals surface area (Å²) < 4.78 is 39.1. The predicted octanol–water partition coefficient (Wildman–Crippen LogP) is 1.47.